The van der Waals surface area contributed by atoms with Crippen LogP contribution in [0.1, 0.15) is 12.5 Å². The van der Waals surface area contributed by atoms with Crippen LogP contribution in [0.4, 0.5) is 0 Å². The second-order valence-corrected chi connectivity index (χ2v) is 4.99. The summed E-state index contributed by atoms with van der Waals surface area (Å²) in [5.74, 6) is 0.777. The first kappa shape index (κ1) is 16.7. The van der Waals surface area contributed by atoms with Gasteiger partial charge in [-0.05, 0) is 26.0 Å². The summed E-state index contributed by atoms with van der Waals surface area (Å²) in [6.45, 7) is 10.4. The van der Waals surface area contributed by atoms with Crippen molar-refractivity contribution >= 4 is 0 Å². The van der Waals surface area contributed by atoms with E-state index in [0.717, 1.165) is 11.3 Å². The third kappa shape index (κ3) is 7.94. The lowest BCUT2D eigenvalue weighted by molar-refractivity contribution is 0.101. The van der Waals surface area contributed by atoms with Crippen molar-refractivity contribution in [2.75, 3.05) is 32.9 Å². The van der Waals surface area contributed by atoms with E-state index in [1.54, 1.807) is 0 Å². The summed E-state index contributed by atoms with van der Waals surface area (Å²) in [5, 5.41) is 12.9. The van der Waals surface area contributed by atoms with Gasteiger partial charge in [-0.2, -0.15) is 0 Å². The molecule has 0 heterocycles. The largest absolute Gasteiger partial charge is 0.491 e. The molecule has 2 N–H and O–H groups in total. The van der Waals surface area contributed by atoms with Gasteiger partial charge in [0.2, 0.25) is 0 Å². The predicted octanol–water partition coefficient (Wildman–Crippen LogP) is 1.92. The van der Waals surface area contributed by atoms with Gasteiger partial charge in [-0.1, -0.05) is 29.8 Å². The van der Waals surface area contributed by atoms with Gasteiger partial charge in [-0.25, -0.2) is 0 Å². The molecule has 1 unspecified atom stereocenters. The van der Waals surface area contributed by atoms with Crippen molar-refractivity contribution in [1.29, 1.82) is 0 Å². The summed E-state index contributed by atoms with van der Waals surface area (Å²) in [6.07, 6.45) is -0.530. The Hall–Kier alpha value is -1.36. The smallest absolute Gasteiger partial charge is 0.119 e. The molecule has 4 nitrogen and oxygen atoms in total. The zero-order valence-corrected chi connectivity index (χ0v) is 12.4. The number of benzene rings is 1. The van der Waals surface area contributed by atoms with Crippen molar-refractivity contribution in [2.45, 2.75) is 20.0 Å². The van der Waals surface area contributed by atoms with E-state index in [-0.39, 0.29) is 6.61 Å². The maximum absolute atomic E-state index is 9.77. The van der Waals surface area contributed by atoms with E-state index >= 15 is 0 Å². The molecule has 0 bridgehead atoms. The summed E-state index contributed by atoms with van der Waals surface area (Å²) in [7, 11) is 0. The van der Waals surface area contributed by atoms with Gasteiger partial charge >= 0.3 is 0 Å². The van der Waals surface area contributed by atoms with Crippen LogP contribution in [0, 0.1) is 6.92 Å². The quantitative estimate of drug-likeness (QED) is 0.507. The highest BCUT2D eigenvalue weighted by molar-refractivity contribution is 5.26. The number of hydrogen-bond acceptors (Lipinski definition) is 4. The van der Waals surface area contributed by atoms with Crippen LogP contribution in [0.25, 0.3) is 0 Å². The molecular weight excluding hydrogens is 254 g/mol. The number of nitrogens with one attached hydrogen (secondary N) is 1. The number of aryl methyl sites for hydroxylation is 1. The van der Waals surface area contributed by atoms with E-state index in [0.29, 0.717) is 26.3 Å². The molecule has 0 aromatic heterocycles. The van der Waals surface area contributed by atoms with Crippen molar-refractivity contribution < 1.29 is 14.6 Å². The molecule has 0 amide bonds. The molecule has 4 heteroatoms. The molecule has 112 valence electrons. The van der Waals surface area contributed by atoms with E-state index in [1.807, 2.05) is 38.1 Å². The zero-order chi connectivity index (χ0) is 14.8. The van der Waals surface area contributed by atoms with Crippen LogP contribution >= 0.6 is 0 Å². The van der Waals surface area contributed by atoms with Crippen molar-refractivity contribution in [1.82, 2.24) is 5.32 Å². The summed E-state index contributed by atoms with van der Waals surface area (Å²) >= 11 is 0. The van der Waals surface area contributed by atoms with E-state index < -0.39 is 6.10 Å². The van der Waals surface area contributed by atoms with E-state index in [2.05, 4.69) is 11.9 Å². The number of ether oxygens (including phenoxy) is 2. The second kappa shape index (κ2) is 9.53. The van der Waals surface area contributed by atoms with Crippen LogP contribution in [0.3, 0.4) is 0 Å². The molecule has 0 aliphatic carbocycles. The average molecular weight is 279 g/mol. The molecule has 1 aromatic carbocycles. The molecular formula is C16H25NO3. The van der Waals surface area contributed by atoms with E-state index in [9.17, 15) is 5.11 Å². The van der Waals surface area contributed by atoms with Crippen LogP contribution in [-0.4, -0.2) is 44.1 Å². The third-order valence-electron chi connectivity index (χ3n) is 2.61. The summed E-state index contributed by atoms with van der Waals surface area (Å²) < 4.78 is 10.8. The average Bonchev–Trinajstić information content (AvgIpc) is 2.41. The summed E-state index contributed by atoms with van der Waals surface area (Å²) in [5.41, 5.74) is 2.20. The minimum atomic E-state index is -0.530. The van der Waals surface area contributed by atoms with Gasteiger partial charge in [-0.3, -0.25) is 0 Å². The Kier molecular flexibility index (Phi) is 7.95. The monoisotopic (exact) mass is 279 g/mol. The number of aliphatic hydroxyl groups excluding tert-OH is 1. The Labute approximate surface area is 121 Å². The summed E-state index contributed by atoms with van der Waals surface area (Å²) in [4.78, 5) is 0. The normalized spacial score (nSPS) is 12.2. The maximum atomic E-state index is 9.77. The fourth-order valence-electron chi connectivity index (χ4n) is 1.55. The van der Waals surface area contributed by atoms with Crippen LogP contribution in [0.5, 0.6) is 5.75 Å². The Morgan fingerprint density at radius 1 is 1.35 bits per heavy atom. The van der Waals surface area contributed by atoms with Crippen LogP contribution < -0.4 is 10.1 Å². The van der Waals surface area contributed by atoms with Crippen LogP contribution in [-0.2, 0) is 4.74 Å². The van der Waals surface area contributed by atoms with Gasteiger partial charge in [0.15, 0.2) is 0 Å². The lowest BCUT2D eigenvalue weighted by Gasteiger charge is -2.13. The highest BCUT2D eigenvalue weighted by Crippen LogP contribution is 2.11. The molecule has 0 radical (unpaired) electrons. The standard InChI is InChI=1S/C16H25NO3/c1-13(2)11-19-9-8-17-10-15(18)12-20-16-6-4-14(3)5-7-16/h4-7,15,17-18H,1,8-12H2,2-3H3. The first-order valence-electron chi connectivity index (χ1n) is 6.88. The Morgan fingerprint density at radius 2 is 2.05 bits per heavy atom. The summed E-state index contributed by atoms with van der Waals surface area (Å²) in [6, 6.07) is 7.78. The molecule has 1 aromatic rings. The lowest BCUT2D eigenvalue weighted by Crippen LogP contribution is -2.33. The fourth-order valence-corrected chi connectivity index (χ4v) is 1.55. The van der Waals surface area contributed by atoms with Gasteiger partial charge in [0.05, 0.1) is 13.2 Å². The van der Waals surface area contributed by atoms with E-state index in [1.165, 1.54) is 5.56 Å². The van der Waals surface area contributed by atoms with Crippen molar-refractivity contribution in [2.24, 2.45) is 0 Å². The maximum Gasteiger partial charge on any atom is 0.119 e. The van der Waals surface area contributed by atoms with Gasteiger partial charge in [-0.15, -0.1) is 0 Å². The third-order valence-corrected chi connectivity index (χ3v) is 2.61. The second-order valence-electron chi connectivity index (χ2n) is 4.99. The number of hydrogen-bond donors (Lipinski definition) is 2. The minimum Gasteiger partial charge on any atom is -0.491 e. The van der Waals surface area contributed by atoms with Crippen molar-refractivity contribution in [3.8, 4) is 5.75 Å². The molecule has 1 rings (SSSR count). The zero-order valence-electron chi connectivity index (χ0n) is 12.4. The highest BCUT2D eigenvalue weighted by Gasteiger charge is 2.04. The molecule has 0 spiro atoms. The molecule has 0 saturated carbocycles. The molecule has 0 aliphatic rings. The lowest BCUT2D eigenvalue weighted by atomic mass is 10.2. The first-order valence-corrected chi connectivity index (χ1v) is 6.88. The highest BCUT2D eigenvalue weighted by atomic mass is 16.5. The van der Waals surface area contributed by atoms with Gasteiger partial charge in [0.25, 0.3) is 0 Å². The topological polar surface area (TPSA) is 50.7 Å². The molecule has 0 saturated heterocycles. The Morgan fingerprint density at radius 3 is 2.70 bits per heavy atom. The predicted molar refractivity (Wildman–Crippen MR) is 81.2 cm³/mol. The molecule has 1 atom stereocenters. The molecule has 0 aliphatic heterocycles. The van der Waals surface area contributed by atoms with Crippen molar-refractivity contribution in [3.05, 3.63) is 42.0 Å². The van der Waals surface area contributed by atoms with Crippen molar-refractivity contribution in [3.63, 3.8) is 0 Å². The van der Waals surface area contributed by atoms with Gasteiger partial charge in [0, 0.05) is 13.1 Å². The van der Waals surface area contributed by atoms with Gasteiger partial charge < -0.3 is 19.9 Å². The first-order chi connectivity index (χ1) is 9.58. The SMILES string of the molecule is C=C(C)COCCNCC(O)COc1ccc(C)cc1. The minimum absolute atomic E-state index is 0.280. The Balaban J connectivity index is 2.04. The molecule has 20 heavy (non-hydrogen) atoms. The number of rotatable bonds is 10. The molecule has 0 fully saturated rings. The van der Waals surface area contributed by atoms with Crippen LogP contribution in [0.2, 0.25) is 0 Å². The fraction of sp³-hybridized carbons (Fsp3) is 0.500. The van der Waals surface area contributed by atoms with E-state index in [4.69, 9.17) is 9.47 Å². The number of aliphatic hydroxyl groups is 1. The Bertz CT molecular complexity index is 389. The van der Waals surface area contributed by atoms with Gasteiger partial charge in [0.1, 0.15) is 18.5 Å². The van der Waals surface area contributed by atoms with Crippen LogP contribution in [0.15, 0.2) is 36.4 Å².